The lowest BCUT2D eigenvalue weighted by molar-refractivity contribution is 0.559. The van der Waals surface area contributed by atoms with Crippen LogP contribution in [-0.4, -0.2) is 0 Å². The first-order valence-corrected chi connectivity index (χ1v) is 8.38. The number of aryl methyl sites for hydroxylation is 1. The Kier molecular flexibility index (Phi) is 3.77. The molecule has 25 heavy (non-hydrogen) atoms. The van der Waals surface area contributed by atoms with Gasteiger partial charge in [0.15, 0.2) is 0 Å². The fourth-order valence-electron chi connectivity index (χ4n) is 3.29. The summed E-state index contributed by atoms with van der Waals surface area (Å²) in [7, 11) is 0. The summed E-state index contributed by atoms with van der Waals surface area (Å²) in [5.74, 6) is 0. The van der Waals surface area contributed by atoms with Crippen LogP contribution in [0.5, 0.6) is 0 Å². The van der Waals surface area contributed by atoms with Gasteiger partial charge in [-0.2, -0.15) is 0 Å². The first-order chi connectivity index (χ1) is 12.1. The van der Waals surface area contributed by atoms with Crippen LogP contribution in [0.2, 0.25) is 0 Å². The zero-order chi connectivity index (χ0) is 17.4. The average Bonchev–Trinajstić information content (AvgIpc) is 2.62. The Hall–Kier alpha value is -3.07. The molecule has 3 nitrogen and oxygen atoms in total. The molecule has 1 heterocycles. The van der Waals surface area contributed by atoms with Crippen LogP contribution in [0.3, 0.4) is 0 Å². The second-order valence-electron chi connectivity index (χ2n) is 6.35. The van der Waals surface area contributed by atoms with E-state index in [1.165, 1.54) is 11.1 Å². The van der Waals surface area contributed by atoms with Gasteiger partial charge < -0.3 is 9.73 Å². The smallest absolute Gasteiger partial charge is 0.336 e. The maximum absolute atomic E-state index is 12.0. The molecule has 0 saturated carbocycles. The van der Waals surface area contributed by atoms with Gasteiger partial charge in [-0.3, -0.25) is 0 Å². The number of fused-ring (bicyclic) bond motifs is 3. The molecular weight excluding hydrogens is 310 g/mol. The van der Waals surface area contributed by atoms with Crippen LogP contribution in [0, 0.1) is 13.8 Å². The molecule has 0 saturated heterocycles. The van der Waals surface area contributed by atoms with Crippen molar-refractivity contribution in [3.63, 3.8) is 0 Å². The van der Waals surface area contributed by atoms with E-state index < -0.39 is 0 Å². The van der Waals surface area contributed by atoms with Gasteiger partial charge in [0.25, 0.3) is 0 Å². The molecule has 124 valence electrons. The van der Waals surface area contributed by atoms with Crippen molar-refractivity contribution in [2.75, 3.05) is 5.32 Å². The van der Waals surface area contributed by atoms with E-state index in [4.69, 9.17) is 4.42 Å². The van der Waals surface area contributed by atoms with Crippen molar-refractivity contribution in [1.29, 1.82) is 0 Å². The fraction of sp³-hybridized carbons (Fsp3) is 0.136. The number of hydrogen-bond acceptors (Lipinski definition) is 3. The van der Waals surface area contributed by atoms with Gasteiger partial charge in [-0.05, 0) is 53.4 Å². The third kappa shape index (κ3) is 2.78. The van der Waals surface area contributed by atoms with Crippen LogP contribution >= 0.6 is 0 Å². The zero-order valence-electron chi connectivity index (χ0n) is 14.3. The van der Waals surface area contributed by atoms with Gasteiger partial charge in [0.05, 0.1) is 0 Å². The average molecular weight is 329 g/mol. The summed E-state index contributed by atoms with van der Waals surface area (Å²) in [5, 5.41) is 6.70. The van der Waals surface area contributed by atoms with E-state index in [9.17, 15) is 4.79 Å². The first kappa shape index (κ1) is 15.5. The maximum atomic E-state index is 12.0. The molecular formula is C22H19NO2. The molecule has 0 unspecified atom stereocenters. The first-order valence-electron chi connectivity index (χ1n) is 8.38. The molecule has 0 aliphatic carbocycles. The van der Waals surface area contributed by atoms with Crippen LogP contribution in [0.1, 0.15) is 16.7 Å². The summed E-state index contributed by atoms with van der Waals surface area (Å²) in [6, 6.07) is 19.8. The molecule has 0 spiro atoms. The van der Waals surface area contributed by atoms with Crippen LogP contribution in [0.15, 0.2) is 69.9 Å². The third-order valence-corrected chi connectivity index (χ3v) is 4.79. The van der Waals surface area contributed by atoms with Crippen molar-refractivity contribution < 1.29 is 4.42 Å². The minimum atomic E-state index is -0.319. The van der Waals surface area contributed by atoms with E-state index in [0.717, 1.165) is 27.4 Å². The van der Waals surface area contributed by atoms with Crippen LogP contribution in [0.25, 0.3) is 21.7 Å². The van der Waals surface area contributed by atoms with Crippen molar-refractivity contribution in [3.8, 4) is 0 Å². The Morgan fingerprint density at radius 1 is 0.960 bits per heavy atom. The lowest BCUT2D eigenvalue weighted by atomic mass is 10.0. The number of hydrogen-bond donors (Lipinski definition) is 1. The lowest BCUT2D eigenvalue weighted by Crippen LogP contribution is -2.07. The van der Waals surface area contributed by atoms with Gasteiger partial charge in [-0.15, -0.1) is 0 Å². The highest BCUT2D eigenvalue weighted by molar-refractivity contribution is 6.07. The maximum Gasteiger partial charge on any atom is 0.336 e. The molecule has 1 aromatic heterocycles. The molecule has 3 heteroatoms. The molecule has 0 bridgehead atoms. The standard InChI is InChI=1S/C22H19NO2/c1-14-6-5-9-19(15(14)2)23-13-17-12-21(24)25-20-11-10-16-7-3-4-8-18(16)22(17)20/h3-12,23H,13H2,1-2H3. The summed E-state index contributed by atoms with van der Waals surface area (Å²) in [4.78, 5) is 12.0. The minimum absolute atomic E-state index is 0.319. The predicted molar refractivity (Wildman–Crippen MR) is 103 cm³/mol. The van der Waals surface area contributed by atoms with Crippen LogP contribution < -0.4 is 10.9 Å². The van der Waals surface area contributed by atoms with Gasteiger partial charge in [0, 0.05) is 23.7 Å². The molecule has 0 atom stereocenters. The summed E-state index contributed by atoms with van der Waals surface area (Å²) >= 11 is 0. The zero-order valence-corrected chi connectivity index (χ0v) is 14.3. The van der Waals surface area contributed by atoms with E-state index in [1.807, 2.05) is 30.3 Å². The molecule has 4 aromatic rings. The summed E-state index contributed by atoms with van der Waals surface area (Å²) < 4.78 is 5.42. The monoisotopic (exact) mass is 329 g/mol. The summed E-state index contributed by atoms with van der Waals surface area (Å²) in [6.45, 7) is 4.77. The van der Waals surface area contributed by atoms with E-state index in [1.54, 1.807) is 6.07 Å². The topological polar surface area (TPSA) is 42.2 Å². The van der Waals surface area contributed by atoms with Gasteiger partial charge in [0.1, 0.15) is 5.58 Å². The SMILES string of the molecule is Cc1cccc(NCc2cc(=O)oc3ccc4ccccc4c23)c1C. The van der Waals surface area contributed by atoms with E-state index in [2.05, 4.69) is 43.4 Å². The molecule has 0 amide bonds. The van der Waals surface area contributed by atoms with Crippen LogP contribution in [-0.2, 0) is 6.54 Å². The van der Waals surface area contributed by atoms with Crippen molar-refractivity contribution in [1.82, 2.24) is 0 Å². The fourth-order valence-corrected chi connectivity index (χ4v) is 3.29. The summed E-state index contributed by atoms with van der Waals surface area (Å²) in [6.07, 6.45) is 0. The van der Waals surface area contributed by atoms with E-state index in [0.29, 0.717) is 12.1 Å². The highest BCUT2D eigenvalue weighted by Crippen LogP contribution is 2.28. The van der Waals surface area contributed by atoms with Crippen molar-refractivity contribution >= 4 is 27.4 Å². The van der Waals surface area contributed by atoms with Crippen LogP contribution in [0.4, 0.5) is 5.69 Å². The Morgan fingerprint density at radius 3 is 2.68 bits per heavy atom. The number of rotatable bonds is 3. The molecule has 0 radical (unpaired) electrons. The minimum Gasteiger partial charge on any atom is -0.423 e. The predicted octanol–water partition coefficient (Wildman–Crippen LogP) is 5.18. The Morgan fingerprint density at radius 2 is 1.80 bits per heavy atom. The Balaban J connectivity index is 1.84. The molecule has 0 fully saturated rings. The molecule has 4 rings (SSSR count). The Bertz CT molecular complexity index is 1140. The van der Waals surface area contributed by atoms with Gasteiger partial charge >= 0.3 is 5.63 Å². The summed E-state index contributed by atoms with van der Waals surface area (Å²) in [5.41, 5.74) is 4.81. The number of anilines is 1. The second-order valence-corrected chi connectivity index (χ2v) is 6.35. The molecule has 1 N–H and O–H groups in total. The van der Waals surface area contributed by atoms with Gasteiger partial charge in [-0.25, -0.2) is 4.79 Å². The quantitative estimate of drug-likeness (QED) is 0.416. The third-order valence-electron chi connectivity index (χ3n) is 4.79. The number of nitrogens with one attached hydrogen (secondary N) is 1. The van der Waals surface area contributed by atoms with E-state index >= 15 is 0 Å². The van der Waals surface area contributed by atoms with Gasteiger partial charge in [-0.1, -0.05) is 42.5 Å². The lowest BCUT2D eigenvalue weighted by Gasteiger charge is -2.13. The van der Waals surface area contributed by atoms with E-state index in [-0.39, 0.29) is 5.63 Å². The van der Waals surface area contributed by atoms with Crippen molar-refractivity contribution in [3.05, 3.63) is 87.8 Å². The van der Waals surface area contributed by atoms with Crippen molar-refractivity contribution in [2.24, 2.45) is 0 Å². The highest BCUT2D eigenvalue weighted by Gasteiger charge is 2.10. The molecule has 0 aliphatic rings. The molecule has 0 aliphatic heterocycles. The number of benzene rings is 3. The normalized spacial score (nSPS) is 11.1. The second kappa shape index (κ2) is 6.10. The molecule has 3 aromatic carbocycles. The van der Waals surface area contributed by atoms with Gasteiger partial charge in [0.2, 0.25) is 0 Å². The highest BCUT2D eigenvalue weighted by atomic mass is 16.4. The largest absolute Gasteiger partial charge is 0.423 e. The van der Waals surface area contributed by atoms with Crippen molar-refractivity contribution in [2.45, 2.75) is 20.4 Å². The Labute approximate surface area is 145 Å².